The number of hydrogen-bond acceptors (Lipinski definition) is 2. The van der Waals surface area contributed by atoms with Gasteiger partial charge in [0.1, 0.15) is 0 Å². The highest BCUT2D eigenvalue weighted by molar-refractivity contribution is 5.85. The highest BCUT2D eigenvalue weighted by atomic mass is 35.5. The van der Waals surface area contributed by atoms with E-state index in [9.17, 15) is 0 Å². The van der Waals surface area contributed by atoms with Crippen LogP contribution in [0, 0.1) is 5.92 Å². The molecule has 0 aliphatic carbocycles. The van der Waals surface area contributed by atoms with Crippen molar-refractivity contribution in [2.24, 2.45) is 5.92 Å². The first-order valence-electron chi connectivity index (χ1n) is 4.10. The summed E-state index contributed by atoms with van der Waals surface area (Å²) in [6.45, 7) is 7.30. The smallest absolute Gasteiger partial charge is 0.0620 e. The Balaban J connectivity index is 0.000001000. The molecule has 68 valence electrons. The van der Waals surface area contributed by atoms with Crippen LogP contribution in [0.15, 0.2) is 0 Å². The number of nitrogens with one attached hydrogen (secondary N) is 1. The van der Waals surface area contributed by atoms with E-state index in [4.69, 9.17) is 4.74 Å². The molecule has 0 aromatic rings. The number of rotatable bonds is 2. The van der Waals surface area contributed by atoms with Crippen molar-refractivity contribution in [3.05, 3.63) is 0 Å². The first-order chi connectivity index (χ1) is 4.79. The number of ether oxygens (including phenoxy) is 1. The number of hydrogen-bond donors (Lipinski definition) is 1. The molecule has 1 saturated heterocycles. The lowest BCUT2D eigenvalue weighted by Gasteiger charge is -2.24. The molecule has 11 heavy (non-hydrogen) atoms. The van der Waals surface area contributed by atoms with Gasteiger partial charge >= 0.3 is 0 Å². The van der Waals surface area contributed by atoms with Crippen molar-refractivity contribution in [3.8, 4) is 0 Å². The van der Waals surface area contributed by atoms with E-state index in [1.807, 2.05) is 0 Å². The van der Waals surface area contributed by atoms with Crippen LogP contribution in [0.4, 0.5) is 0 Å². The van der Waals surface area contributed by atoms with E-state index in [1.165, 1.54) is 6.42 Å². The van der Waals surface area contributed by atoms with E-state index in [1.54, 1.807) is 0 Å². The zero-order valence-corrected chi connectivity index (χ0v) is 8.12. The molecule has 1 rings (SSSR count). The molecule has 1 N–H and O–H groups in total. The summed E-state index contributed by atoms with van der Waals surface area (Å²) in [6, 6.07) is 0.605. The Morgan fingerprint density at radius 1 is 1.55 bits per heavy atom. The largest absolute Gasteiger partial charge is 0.379 e. The van der Waals surface area contributed by atoms with Gasteiger partial charge in [0.15, 0.2) is 0 Å². The summed E-state index contributed by atoms with van der Waals surface area (Å²) < 4.78 is 5.32. The second-order valence-electron chi connectivity index (χ2n) is 3.36. The molecule has 0 saturated carbocycles. The van der Waals surface area contributed by atoms with Crippen LogP contribution in [0.5, 0.6) is 0 Å². The van der Waals surface area contributed by atoms with Crippen LogP contribution < -0.4 is 5.32 Å². The van der Waals surface area contributed by atoms with E-state index in [0.717, 1.165) is 25.7 Å². The van der Waals surface area contributed by atoms with Gasteiger partial charge in [-0.25, -0.2) is 0 Å². The van der Waals surface area contributed by atoms with Gasteiger partial charge in [0.2, 0.25) is 0 Å². The summed E-state index contributed by atoms with van der Waals surface area (Å²) in [7, 11) is 0. The standard InChI is InChI=1S/C8H17NO.ClH/c1-7(2)5-8-6-10-4-3-9-8;/h7-9H,3-6H2,1-2H3;1H. The molecule has 0 radical (unpaired) electrons. The van der Waals surface area contributed by atoms with E-state index in [2.05, 4.69) is 19.2 Å². The van der Waals surface area contributed by atoms with Crippen LogP contribution in [0.1, 0.15) is 20.3 Å². The second kappa shape index (κ2) is 5.81. The topological polar surface area (TPSA) is 21.3 Å². The van der Waals surface area contributed by atoms with Crippen LogP contribution in [0.25, 0.3) is 0 Å². The van der Waals surface area contributed by atoms with E-state index >= 15 is 0 Å². The molecule has 1 fully saturated rings. The summed E-state index contributed by atoms with van der Waals surface area (Å²) in [5.74, 6) is 0.777. The van der Waals surface area contributed by atoms with Crippen molar-refractivity contribution in [1.82, 2.24) is 5.32 Å². The van der Waals surface area contributed by atoms with Crippen LogP contribution in [0.3, 0.4) is 0 Å². The Labute approximate surface area is 75.1 Å². The van der Waals surface area contributed by atoms with Gasteiger partial charge in [0, 0.05) is 12.6 Å². The van der Waals surface area contributed by atoms with Crippen molar-refractivity contribution < 1.29 is 4.74 Å². The average Bonchev–Trinajstić information content (AvgIpc) is 1.88. The third-order valence-corrected chi connectivity index (χ3v) is 1.75. The monoisotopic (exact) mass is 179 g/mol. The van der Waals surface area contributed by atoms with E-state index in [0.29, 0.717) is 6.04 Å². The molecule has 0 bridgehead atoms. The van der Waals surface area contributed by atoms with Crippen LogP contribution >= 0.6 is 12.4 Å². The third-order valence-electron chi connectivity index (χ3n) is 1.75. The molecule has 1 aliphatic rings. The van der Waals surface area contributed by atoms with E-state index in [-0.39, 0.29) is 12.4 Å². The summed E-state index contributed by atoms with van der Waals surface area (Å²) in [5, 5.41) is 3.43. The van der Waals surface area contributed by atoms with E-state index < -0.39 is 0 Å². The Morgan fingerprint density at radius 3 is 2.73 bits per heavy atom. The molecule has 1 unspecified atom stereocenters. The van der Waals surface area contributed by atoms with Crippen molar-refractivity contribution in [2.75, 3.05) is 19.8 Å². The lowest BCUT2D eigenvalue weighted by Crippen LogP contribution is -2.41. The molecule has 1 heterocycles. The fraction of sp³-hybridized carbons (Fsp3) is 1.00. The fourth-order valence-corrected chi connectivity index (χ4v) is 1.34. The van der Waals surface area contributed by atoms with Gasteiger partial charge in [-0.3, -0.25) is 0 Å². The first kappa shape index (κ1) is 11.2. The number of halogens is 1. The number of morpholine rings is 1. The summed E-state index contributed by atoms with van der Waals surface area (Å²) in [4.78, 5) is 0. The minimum atomic E-state index is 0. The summed E-state index contributed by atoms with van der Waals surface area (Å²) >= 11 is 0. The van der Waals surface area contributed by atoms with Gasteiger partial charge in [0.05, 0.1) is 13.2 Å². The maximum Gasteiger partial charge on any atom is 0.0620 e. The zero-order chi connectivity index (χ0) is 7.40. The molecule has 0 spiro atoms. The maximum absolute atomic E-state index is 5.32. The zero-order valence-electron chi connectivity index (χ0n) is 7.30. The molecule has 1 atom stereocenters. The van der Waals surface area contributed by atoms with Crippen molar-refractivity contribution in [3.63, 3.8) is 0 Å². The summed E-state index contributed by atoms with van der Waals surface area (Å²) in [5.41, 5.74) is 0. The lowest BCUT2D eigenvalue weighted by atomic mass is 10.0. The van der Waals surface area contributed by atoms with Gasteiger partial charge < -0.3 is 10.1 Å². The first-order valence-corrected chi connectivity index (χ1v) is 4.10. The molecule has 3 heteroatoms. The van der Waals surface area contributed by atoms with Gasteiger partial charge in [-0.05, 0) is 12.3 Å². The molecule has 2 nitrogen and oxygen atoms in total. The SMILES string of the molecule is CC(C)CC1COCCN1.Cl. The summed E-state index contributed by atoms with van der Waals surface area (Å²) in [6.07, 6.45) is 1.24. The lowest BCUT2D eigenvalue weighted by molar-refractivity contribution is 0.0702. The Kier molecular flexibility index (Phi) is 5.92. The van der Waals surface area contributed by atoms with Crippen molar-refractivity contribution in [1.29, 1.82) is 0 Å². The second-order valence-corrected chi connectivity index (χ2v) is 3.36. The van der Waals surface area contributed by atoms with Crippen LogP contribution in [0.2, 0.25) is 0 Å². The normalized spacial score (nSPS) is 24.8. The van der Waals surface area contributed by atoms with Crippen LogP contribution in [-0.2, 0) is 4.74 Å². The van der Waals surface area contributed by atoms with Gasteiger partial charge in [-0.1, -0.05) is 13.8 Å². The third kappa shape index (κ3) is 4.62. The predicted molar refractivity (Wildman–Crippen MR) is 49.3 cm³/mol. The Morgan fingerprint density at radius 2 is 2.27 bits per heavy atom. The molecule has 0 amide bonds. The average molecular weight is 180 g/mol. The quantitative estimate of drug-likeness (QED) is 0.693. The maximum atomic E-state index is 5.32. The fourth-order valence-electron chi connectivity index (χ4n) is 1.34. The molecular formula is C8H18ClNO. The molecule has 0 aromatic carbocycles. The Bertz CT molecular complexity index is 92.1. The highest BCUT2D eigenvalue weighted by Gasteiger charge is 2.13. The Hall–Kier alpha value is 0.210. The minimum absolute atomic E-state index is 0. The van der Waals surface area contributed by atoms with Crippen molar-refractivity contribution in [2.45, 2.75) is 26.3 Å². The van der Waals surface area contributed by atoms with Gasteiger partial charge in [-0.15, -0.1) is 12.4 Å². The predicted octanol–water partition coefficient (Wildman–Crippen LogP) is 1.44. The highest BCUT2D eigenvalue weighted by Crippen LogP contribution is 2.06. The molecule has 1 aliphatic heterocycles. The minimum Gasteiger partial charge on any atom is -0.379 e. The molecule has 0 aromatic heterocycles. The van der Waals surface area contributed by atoms with Crippen molar-refractivity contribution >= 4 is 12.4 Å². The van der Waals surface area contributed by atoms with Crippen LogP contribution in [-0.4, -0.2) is 25.8 Å². The van der Waals surface area contributed by atoms with Gasteiger partial charge in [0.25, 0.3) is 0 Å². The molecular weight excluding hydrogens is 162 g/mol. The van der Waals surface area contributed by atoms with Gasteiger partial charge in [-0.2, -0.15) is 0 Å².